The molecular formula is C11H9BFNO2. The van der Waals surface area contributed by atoms with Gasteiger partial charge >= 0.3 is 7.12 Å². The van der Waals surface area contributed by atoms with E-state index in [1.54, 1.807) is 24.4 Å². The summed E-state index contributed by atoms with van der Waals surface area (Å²) in [7, 11) is -1.57. The van der Waals surface area contributed by atoms with Crippen molar-refractivity contribution >= 4 is 12.6 Å². The summed E-state index contributed by atoms with van der Waals surface area (Å²) >= 11 is 0. The average molecular weight is 217 g/mol. The number of halogens is 1. The lowest BCUT2D eigenvalue weighted by Crippen LogP contribution is -2.30. The Morgan fingerprint density at radius 3 is 2.56 bits per heavy atom. The van der Waals surface area contributed by atoms with Crippen molar-refractivity contribution in [3.63, 3.8) is 0 Å². The highest BCUT2D eigenvalue weighted by atomic mass is 19.1. The van der Waals surface area contributed by atoms with E-state index in [9.17, 15) is 4.39 Å². The lowest BCUT2D eigenvalue weighted by Gasteiger charge is -2.04. The molecule has 0 spiro atoms. The molecule has 1 heterocycles. The summed E-state index contributed by atoms with van der Waals surface area (Å²) in [6.07, 6.45) is 2.90. The first-order valence-electron chi connectivity index (χ1n) is 4.74. The van der Waals surface area contributed by atoms with E-state index in [1.807, 2.05) is 0 Å². The summed E-state index contributed by atoms with van der Waals surface area (Å²) in [5.41, 5.74) is 1.57. The number of aromatic nitrogens is 1. The Balaban J connectivity index is 2.44. The summed E-state index contributed by atoms with van der Waals surface area (Å²) in [5.74, 6) is -0.340. The number of rotatable bonds is 2. The molecule has 2 N–H and O–H groups in total. The number of pyridine rings is 1. The molecule has 0 saturated carbocycles. The molecule has 0 aliphatic rings. The molecule has 2 rings (SSSR count). The Morgan fingerprint density at radius 1 is 1.06 bits per heavy atom. The molecule has 0 fully saturated rings. The molecule has 0 aliphatic carbocycles. The minimum Gasteiger partial charge on any atom is -0.423 e. The Morgan fingerprint density at radius 2 is 1.88 bits per heavy atom. The number of hydrogen-bond donors (Lipinski definition) is 2. The molecule has 2 aromatic rings. The van der Waals surface area contributed by atoms with Crippen LogP contribution in [0.15, 0.2) is 42.7 Å². The summed E-state index contributed by atoms with van der Waals surface area (Å²) in [6, 6.07) is 7.60. The van der Waals surface area contributed by atoms with Gasteiger partial charge in [-0.1, -0.05) is 18.2 Å². The largest absolute Gasteiger partial charge is 0.490 e. The predicted octanol–water partition coefficient (Wildman–Crippen LogP) is 0.567. The topological polar surface area (TPSA) is 53.4 Å². The molecule has 0 radical (unpaired) electrons. The van der Waals surface area contributed by atoms with Crippen LogP contribution in [0.1, 0.15) is 0 Å². The first-order valence-corrected chi connectivity index (χ1v) is 4.74. The van der Waals surface area contributed by atoms with Gasteiger partial charge < -0.3 is 10.0 Å². The highest BCUT2D eigenvalue weighted by molar-refractivity contribution is 6.58. The van der Waals surface area contributed by atoms with Gasteiger partial charge in [-0.25, -0.2) is 4.39 Å². The minimum absolute atomic E-state index is 0.279. The van der Waals surface area contributed by atoms with Crippen LogP contribution in [0.5, 0.6) is 0 Å². The predicted molar refractivity (Wildman–Crippen MR) is 59.5 cm³/mol. The fourth-order valence-electron chi connectivity index (χ4n) is 1.42. The van der Waals surface area contributed by atoms with E-state index in [-0.39, 0.29) is 11.3 Å². The number of hydrogen-bond acceptors (Lipinski definition) is 3. The quantitative estimate of drug-likeness (QED) is 0.723. The second-order valence-electron chi connectivity index (χ2n) is 3.39. The molecular weight excluding hydrogens is 208 g/mol. The Kier molecular flexibility index (Phi) is 2.98. The standard InChI is InChI=1S/C11H9BFNO2/c13-11-3-1-2-8(5-11)9-4-10(12(15)16)7-14-6-9/h1-7,15-16H. The van der Waals surface area contributed by atoms with Crippen LogP contribution in [0.4, 0.5) is 4.39 Å². The van der Waals surface area contributed by atoms with Gasteiger partial charge in [0, 0.05) is 17.9 Å². The van der Waals surface area contributed by atoms with Crippen LogP contribution in [0, 0.1) is 5.82 Å². The second kappa shape index (κ2) is 4.43. The first kappa shape index (κ1) is 10.8. The smallest absolute Gasteiger partial charge is 0.423 e. The summed E-state index contributed by atoms with van der Waals surface area (Å²) < 4.78 is 13.0. The van der Waals surface area contributed by atoms with E-state index in [0.717, 1.165) is 0 Å². The molecule has 0 saturated heterocycles. The third kappa shape index (κ3) is 2.26. The van der Waals surface area contributed by atoms with Crippen molar-refractivity contribution < 1.29 is 14.4 Å². The molecule has 1 aromatic carbocycles. The molecule has 0 amide bonds. The van der Waals surface area contributed by atoms with Gasteiger partial charge in [-0.2, -0.15) is 0 Å². The van der Waals surface area contributed by atoms with Crippen molar-refractivity contribution in [2.75, 3.05) is 0 Å². The Hall–Kier alpha value is -1.72. The average Bonchev–Trinajstić information content (AvgIpc) is 2.29. The van der Waals surface area contributed by atoms with Crippen LogP contribution in [0.3, 0.4) is 0 Å². The molecule has 3 nitrogen and oxygen atoms in total. The zero-order chi connectivity index (χ0) is 11.5. The second-order valence-corrected chi connectivity index (χ2v) is 3.39. The van der Waals surface area contributed by atoms with Gasteiger partial charge in [0.15, 0.2) is 0 Å². The van der Waals surface area contributed by atoms with Gasteiger partial charge in [-0.05, 0) is 23.3 Å². The van der Waals surface area contributed by atoms with Crippen LogP contribution in [0.25, 0.3) is 11.1 Å². The lowest BCUT2D eigenvalue weighted by molar-refractivity contribution is 0.425. The molecule has 1 aromatic heterocycles. The molecule has 0 atom stereocenters. The number of nitrogens with zero attached hydrogens (tertiary/aromatic N) is 1. The Labute approximate surface area is 92.4 Å². The van der Waals surface area contributed by atoms with Crippen molar-refractivity contribution in [2.45, 2.75) is 0 Å². The first-order chi connectivity index (χ1) is 7.66. The van der Waals surface area contributed by atoms with Crippen LogP contribution in [-0.2, 0) is 0 Å². The summed E-state index contributed by atoms with van der Waals surface area (Å²) in [6.45, 7) is 0. The van der Waals surface area contributed by atoms with Gasteiger partial charge in [0.2, 0.25) is 0 Å². The maximum absolute atomic E-state index is 13.0. The molecule has 0 unspecified atom stereocenters. The van der Waals surface area contributed by atoms with E-state index in [0.29, 0.717) is 11.1 Å². The minimum atomic E-state index is -1.57. The third-order valence-electron chi connectivity index (χ3n) is 2.22. The van der Waals surface area contributed by atoms with Gasteiger partial charge in [0.1, 0.15) is 5.82 Å². The van der Waals surface area contributed by atoms with Crippen LogP contribution in [0.2, 0.25) is 0 Å². The summed E-state index contributed by atoms with van der Waals surface area (Å²) in [5, 5.41) is 18.0. The van der Waals surface area contributed by atoms with Crippen molar-refractivity contribution in [3.05, 3.63) is 48.5 Å². The molecule has 80 valence electrons. The van der Waals surface area contributed by atoms with Gasteiger partial charge in [-0.3, -0.25) is 4.98 Å². The van der Waals surface area contributed by atoms with Crippen molar-refractivity contribution in [1.29, 1.82) is 0 Å². The molecule has 16 heavy (non-hydrogen) atoms. The van der Waals surface area contributed by atoms with Crippen LogP contribution >= 0.6 is 0 Å². The normalized spacial score (nSPS) is 10.2. The SMILES string of the molecule is OB(O)c1cncc(-c2cccc(F)c2)c1. The molecule has 0 aliphatic heterocycles. The number of benzene rings is 1. The highest BCUT2D eigenvalue weighted by Crippen LogP contribution is 2.17. The zero-order valence-electron chi connectivity index (χ0n) is 8.34. The van der Waals surface area contributed by atoms with Gasteiger partial charge in [-0.15, -0.1) is 0 Å². The summed E-state index contributed by atoms with van der Waals surface area (Å²) in [4.78, 5) is 3.87. The van der Waals surface area contributed by atoms with Crippen molar-refractivity contribution in [3.8, 4) is 11.1 Å². The zero-order valence-corrected chi connectivity index (χ0v) is 8.34. The fourth-order valence-corrected chi connectivity index (χ4v) is 1.42. The maximum Gasteiger partial charge on any atom is 0.490 e. The van der Waals surface area contributed by atoms with Crippen molar-refractivity contribution in [2.24, 2.45) is 0 Å². The monoisotopic (exact) mass is 217 g/mol. The van der Waals surface area contributed by atoms with Gasteiger partial charge in [0.05, 0.1) is 0 Å². The third-order valence-corrected chi connectivity index (χ3v) is 2.22. The van der Waals surface area contributed by atoms with E-state index in [2.05, 4.69) is 4.98 Å². The lowest BCUT2D eigenvalue weighted by atomic mass is 9.80. The highest BCUT2D eigenvalue weighted by Gasteiger charge is 2.12. The van der Waals surface area contributed by atoms with E-state index >= 15 is 0 Å². The molecule has 0 bridgehead atoms. The maximum atomic E-state index is 13.0. The van der Waals surface area contributed by atoms with E-state index < -0.39 is 7.12 Å². The van der Waals surface area contributed by atoms with E-state index in [1.165, 1.54) is 18.3 Å². The van der Waals surface area contributed by atoms with Crippen LogP contribution < -0.4 is 5.46 Å². The Bertz CT molecular complexity index is 505. The van der Waals surface area contributed by atoms with E-state index in [4.69, 9.17) is 10.0 Å². The van der Waals surface area contributed by atoms with Crippen LogP contribution in [-0.4, -0.2) is 22.2 Å². The van der Waals surface area contributed by atoms with Gasteiger partial charge in [0.25, 0.3) is 0 Å². The fraction of sp³-hybridized carbons (Fsp3) is 0. The molecule has 5 heteroatoms. The van der Waals surface area contributed by atoms with Crippen molar-refractivity contribution in [1.82, 2.24) is 4.98 Å².